The third-order valence-corrected chi connectivity index (χ3v) is 7.53. The number of rotatable bonds is 9. The van der Waals surface area contributed by atoms with Crippen molar-refractivity contribution in [1.29, 1.82) is 0 Å². The molecule has 5 aromatic rings. The summed E-state index contributed by atoms with van der Waals surface area (Å²) in [7, 11) is 0. The molecule has 2 aromatic carbocycles. The summed E-state index contributed by atoms with van der Waals surface area (Å²) in [4.78, 5) is 18.9. The average molecular weight is 545 g/mol. The Kier molecular flexibility index (Phi) is 7.28. The molecule has 1 fully saturated rings. The van der Waals surface area contributed by atoms with E-state index in [1.807, 2.05) is 61.5 Å². The van der Waals surface area contributed by atoms with Gasteiger partial charge in [0.05, 0.1) is 25.5 Å². The summed E-state index contributed by atoms with van der Waals surface area (Å²) < 4.78 is 13.4. The van der Waals surface area contributed by atoms with Gasteiger partial charge in [-0.05, 0) is 77.5 Å². The van der Waals surface area contributed by atoms with E-state index in [0.29, 0.717) is 36.0 Å². The number of hydrogen-bond acceptors (Lipinski definition) is 7. The van der Waals surface area contributed by atoms with Crippen LogP contribution in [0.4, 0.5) is 0 Å². The molecule has 0 radical (unpaired) electrons. The number of nitrogens with one attached hydrogen (secondary N) is 1. The van der Waals surface area contributed by atoms with E-state index in [4.69, 9.17) is 20.8 Å². The lowest BCUT2D eigenvalue weighted by Gasteiger charge is -2.31. The Balaban J connectivity index is 1.51. The van der Waals surface area contributed by atoms with Crippen molar-refractivity contribution in [3.8, 4) is 0 Å². The van der Waals surface area contributed by atoms with E-state index in [9.17, 15) is 4.79 Å². The first-order chi connectivity index (χ1) is 19.0. The standard InChI is InChI=1S/C29H29ClN6O3/c1-19-10-11-26-21(14-19)15-24(29(37)31-26)27(28-32-33-34-36(28)18-23-8-5-13-39-23)35(17-22-7-4-12-38-22)16-20-6-2-3-9-25(20)30/h2-4,6-7,9-12,14-15,23,27H,5,8,13,16-18H2,1H3,(H,31,37)/t23-,27+/m1/s1. The molecular formula is C29H29ClN6O3. The van der Waals surface area contributed by atoms with Crippen LogP contribution in [0, 0.1) is 6.92 Å². The number of aromatic nitrogens is 5. The Morgan fingerprint density at radius 2 is 2.05 bits per heavy atom. The molecule has 10 heteroatoms. The molecule has 0 aliphatic carbocycles. The van der Waals surface area contributed by atoms with Gasteiger partial charge in [0.2, 0.25) is 0 Å². The van der Waals surface area contributed by atoms with Crippen LogP contribution in [0.15, 0.2) is 76.1 Å². The molecule has 1 aliphatic heterocycles. The second-order valence-corrected chi connectivity index (χ2v) is 10.4. The van der Waals surface area contributed by atoms with Crippen LogP contribution in [0.2, 0.25) is 5.02 Å². The molecule has 0 unspecified atom stereocenters. The minimum atomic E-state index is -0.601. The molecule has 0 saturated carbocycles. The number of tetrazole rings is 1. The summed E-state index contributed by atoms with van der Waals surface area (Å²) in [6.45, 7) is 4.10. The average Bonchev–Trinajstić information content (AvgIpc) is 3.71. The third-order valence-electron chi connectivity index (χ3n) is 7.16. The van der Waals surface area contributed by atoms with Crippen LogP contribution < -0.4 is 5.56 Å². The zero-order chi connectivity index (χ0) is 26.8. The van der Waals surface area contributed by atoms with Crippen molar-refractivity contribution in [1.82, 2.24) is 30.1 Å². The van der Waals surface area contributed by atoms with E-state index < -0.39 is 6.04 Å². The number of halogens is 1. The van der Waals surface area contributed by atoms with Crippen LogP contribution >= 0.6 is 11.6 Å². The van der Waals surface area contributed by atoms with Crippen molar-refractivity contribution in [2.75, 3.05) is 6.61 Å². The molecule has 3 aromatic heterocycles. The van der Waals surface area contributed by atoms with Gasteiger partial charge in [-0.25, -0.2) is 4.68 Å². The lowest BCUT2D eigenvalue weighted by Crippen LogP contribution is -2.35. The molecule has 1 N–H and O–H groups in total. The van der Waals surface area contributed by atoms with Crippen LogP contribution in [0.5, 0.6) is 0 Å². The highest BCUT2D eigenvalue weighted by molar-refractivity contribution is 6.31. The predicted molar refractivity (Wildman–Crippen MR) is 147 cm³/mol. The van der Waals surface area contributed by atoms with E-state index in [1.54, 1.807) is 10.9 Å². The molecule has 0 spiro atoms. The SMILES string of the molecule is Cc1ccc2[nH]c(=O)c([C@@H](c3nnnn3C[C@H]3CCCO3)N(Cc3ccco3)Cc3ccccc3Cl)cc2c1. The monoisotopic (exact) mass is 544 g/mol. The van der Waals surface area contributed by atoms with Crippen molar-refractivity contribution in [2.45, 2.75) is 51.5 Å². The Hall–Kier alpha value is -3.79. The zero-order valence-electron chi connectivity index (χ0n) is 21.6. The smallest absolute Gasteiger partial charge is 0.253 e. The number of aryl methyl sites for hydroxylation is 1. The first kappa shape index (κ1) is 25.5. The molecular weight excluding hydrogens is 516 g/mol. The number of benzene rings is 2. The van der Waals surface area contributed by atoms with Gasteiger partial charge in [-0.2, -0.15) is 0 Å². The molecule has 1 saturated heterocycles. The Bertz CT molecular complexity index is 1620. The van der Waals surface area contributed by atoms with Gasteiger partial charge in [0.25, 0.3) is 5.56 Å². The molecule has 0 bridgehead atoms. The minimum absolute atomic E-state index is 0.0209. The van der Waals surface area contributed by atoms with Crippen LogP contribution in [0.1, 0.15) is 47.2 Å². The molecule has 4 heterocycles. The first-order valence-corrected chi connectivity index (χ1v) is 13.4. The van der Waals surface area contributed by atoms with Gasteiger partial charge in [-0.3, -0.25) is 9.69 Å². The lowest BCUT2D eigenvalue weighted by molar-refractivity contribution is 0.0901. The fourth-order valence-electron chi connectivity index (χ4n) is 5.25. The number of aromatic amines is 1. The topological polar surface area (TPSA) is 102 Å². The van der Waals surface area contributed by atoms with E-state index in [1.165, 1.54) is 0 Å². The third kappa shape index (κ3) is 5.52. The van der Waals surface area contributed by atoms with Crippen LogP contribution in [0.25, 0.3) is 10.9 Å². The first-order valence-electron chi connectivity index (χ1n) is 13.1. The minimum Gasteiger partial charge on any atom is -0.468 e. The molecule has 1 aliphatic rings. The van der Waals surface area contributed by atoms with E-state index in [-0.39, 0.29) is 11.7 Å². The van der Waals surface area contributed by atoms with E-state index >= 15 is 0 Å². The molecule has 6 rings (SSSR count). The van der Waals surface area contributed by atoms with Crippen LogP contribution in [0.3, 0.4) is 0 Å². The summed E-state index contributed by atoms with van der Waals surface area (Å²) in [5.74, 6) is 1.31. The molecule has 2 atom stereocenters. The van der Waals surface area contributed by atoms with Gasteiger partial charge in [-0.1, -0.05) is 41.4 Å². The van der Waals surface area contributed by atoms with Gasteiger partial charge in [0, 0.05) is 29.3 Å². The summed E-state index contributed by atoms with van der Waals surface area (Å²) in [5, 5.41) is 14.4. The highest BCUT2D eigenvalue weighted by Gasteiger charge is 2.32. The van der Waals surface area contributed by atoms with Crippen molar-refractivity contribution in [3.63, 3.8) is 0 Å². The number of pyridine rings is 1. The van der Waals surface area contributed by atoms with E-state index in [2.05, 4.69) is 31.5 Å². The van der Waals surface area contributed by atoms with Gasteiger partial charge in [-0.15, -0.1) is 5.10 Å². The molecule has 0 amide bonds. The number of nitrogens with zero attached hydrogens (tertiary/aromatic N) is 5. The maximum atomic E-state index is 13.7. The van der Waals surface area contributed by atoms with E-state index in [0.717, 1.165) is 47.2 Å². The summed E-state index contributed by atoms with van der Waals surface area (Å²) in [6, 6.07) is 18.8. The largest absolute Gasteiger partial charge is 0.468 e. The van der Waals surface area contributed by atoms with Crippen molar-refractivity contribution in [3.05, 3.63) is 111 Å². The quantitative estimate of drug-likeness (QED) is 0.277. The maximum absolute atomic E-state index is 13.7. The summed E-state index contributed by atoms with van der Waals surface area (Å²) in [5.41, 5.74) is 3.13. The number of hydrogen-bond donors (Lipinski definition) is 1. The maximum Gasteiger partial charge on any atom is 0.253 e. The number of furan rings is 1. The Morgan fingerprint density at radius 1 is 1.15 bits per heavy atom. The van der Waals surface area contributed by atoms with Gasteiger partial charge in [0.15, 0.2) is 5.82 Å². The zero-order valence-corrected chi connectivity index (χ0v) is 22.3. The normalized spacial score (nSPS) is 16.3. The fourth-order valence-corrected chi connectivity index (χ4v) is 5.45. The van der Waals surface area contributed by atoms with Crippen LogP contribution in [-0.4, -0.2) is 42.8 Å². The van der Waals surface area contributed by atoms with Crippen molar-refractivity contribution in [2.24, 2.45) is 0 Å². The molecule has 200 valence electrons. The Morgan fingerprint density at radius 3 is 2.85 bits per heavy atom. The number of H-pyrrole nitrogens is 1. The number of fused-ring (bicyclic) bond motifs is 1. The van der Waals surface area contributed by atoms with Gasteiger partial charge in [0.1, 0.15) is 11.8 Å². The van der Waals surface area contributed by atoms with Crippen molar-refractivity contribution < 1.29 is 9.15 Å². The summed E-state index contributed by atoms with van der Waals surface area (Å²) >= 11 is 6.62. The van der Waals surface area contributed by atoms with Gasteiger partial charge < -0.3 is 14.1 Å². The fraction of sp³-hybridized carbons (Fsp3) is 0.310. The lowest BCUT2D eigenvalue weighted by atomic mass is 10.0. The van der Waals surface area contributed by atoms with Crippen molar-refractivity contribution >= 4 is 22.5 Å². The second-order valence-electron chi connectivity index (χ2n) is 9.98. The second kappa shape index (κ2) is 11.1. The summed E-state index contributed by atoms with van der Waals surface area (Å²) in [6.07, 6.45) is 3.61. The molecule has 39 heavy (non-hydrogen) atoms. The highest BCUT2D eigenvalue weighted by Crippen LogP contribution is 2.32. The van der Waals surface area contributed by atoms with Crippen LogP contribution in [-0.2, 0) is 24.4 Å². The predicted octanol–water partition coefficient (Wildman–Crippen LogP) is 5.04. The highest BCUT2D eigenvalue weighted by atomic mass is 35.5. The number of ether oxygens (including phenoxy) is 1. The Labute approximate surface area is 230 Å². The van der Waals surface area contributed by atoms with Gasteiger partial charge >= 0.3 is 0 Å². The molecule has 9 nitrogen and oxygen atoms in total.